The second-order valence-electron chi connectivity index (χ2n) is 5.51. The van der Waals surface area contributed by atoms with Gasteiger partial charge in [0.15, 0.2) is 0 Å². The SMILES string of the molecule is O=C(NCc1ccncc1)Nc1ccc(S(=O)(=O)Nc2ccccn2)cc1. The number of nitrogens with one attached hydrogen (secondary N) is 3. The van der Waals surface area contributed by atoms with E-state index < -0.39 is 16.1 Å². The van der Waals surface area contributed by atoms with Crippen LogP contribution < -0.4 is 15.4 Å². The lowest BCUT2D eigenvalue weighted by Crippen LogP contribution is -2.28. The first-order valence-corrected chi connectivity index (χ1v) is 9.49. The average molecular weight is 383 g/mol. The molecule has 9 heteroatoms. The maximum absolute atomic E-state index is 12.3. The van der Waals surface area contributed by atoms with Gasteiger partial charge in [-0.1, -0.05) is 6.07 Å². The highest BCUT2D eigenvalue weighted by Crippen LogP contribution is 2.17. The average Bonchev–Trinajstić information content (AvgIpc) is 2.68. The van der Waals surface area contributed by atoms with Crippen LogP contribution >= 0.6 is 0 Å². The van der Waals surface area contributed by atoms with Crippen molar-refractivity contribution in [3.8, 4) is 0 Å². The number of hydrogen-bond donors (Lipinski definition) is 3. The number of carbonyl (C=O) groups is 1. The third-order valence-corrected chi connectivity index (χ3v) is 4.90. The Morgan fingerprint density at radius 2 is 1.67 bits per heavy atom. The van der Waals surface area contributed by atoms with Crippen molar-refractivity contribution in [2.24, 2.45) is 0 Å². The van der Waals surface area contributed by atoms with Crippen LogP contribution in [0.1, 0.15) is 5.56 Å². The molecule has 0 atom stereocenters. The highest BCUT2D eigenvalue weighted by molar-refractivity contribution is 7.92. The lowest BCUT2D eigenvalue weighted by atomic mass is 10.3. The fourth-order valence-corrected chi connectivity index (χ4v) is 3.20. The molecule has 3 rings (SSSR count). The molecule has 0 bridgehead atoms. The van der Waals surface area contributed by atoms with Gasteiger partial charge in [0.2, 0.25) is 0 Å². The standard InChI is InChI=1S/C18H17N5O3S/c24-18(21-13-14-8-11-19-12-9-14)22-15-4-6-16(7-5-15)27(25,26)23-17-3-1-2-10-20-17/h1-12H,13H2,(H,20,23)(H2,21,22,24). The van der Waals surface area contributed by atoms with Crippen LogP contribution in [0.2, 0.25) is 0 Å². The summed E-state index contributed by atoms with van der Waals surface area (Å²) in [6, 6.07) is 14.0. The zero-order valence-corrected chi connectivity index (χ0v) is 15.0. The van der Waals surface area contributed by atoms with Gasteiger partial charge in [0.25, 0.3) is 10.0 Å². The summed E-state index contributed by atoms with van der Waals surface area (Å²) in [7, 11) is -3.75. The zero-order chi connectivity index (χ0) is 19.1. The Bertz CT molecular complexity index is 994. The number of hydrogen-bond acceptors (Lipinski definition) is 5. The second kappa shape index (κ2) is 8.28. The fourth-order valence-electron chi connectivity index (χ4n) is 2.20. The minimum absolute atomic E-state index is 0.0656. The first-order valence-electron chi connectivity index (χ1n) is 8.01. The molecule has 0 aliphatic rings. The van der Waals surface area contributed by atoms with Crippen LogP contribution in [0.4, 0.5) is 16.3 Å². The molecule has 0 unspecified atom stereocenters. The van der Waals surface area contributed by atoms with Gasteiger partial charge in [-0.15, -0.1) is 0 Å². The van der Waals surface area contributed by atoms with Crippen LogP contribution in [0.5, 0.6) is 0 Å². The van der Waals surface area contributed by atoms with Crippen molar-refractivity contribution in [2.45, 2.75) is 11.4 Å². The monoisotopic (exact) mass is 383 g/mol. The predicted molar refractivity (Wildman–Crippen MR) is 102 cm³/mol. The van der Waals surface area contributed by atoms with Crippen molar-refractivity contribution >= 4 is 27.6 Å². The molecule has 0 radical (unpaired) electrons. The maximum atomic E-state index is 12.3. The summed E-state index contributed by atoms with van der Waals surface area (Å²) in [5.74, 6) is 0.232. The summed E-state index contributed by atoms with van der Waals surface area (Å²) in [6.45, 7) is 0.356. The van der Waals surface area contributed by atoms with Gasteiger partial charge in [-0.3, -0.25) is 9.71 Å². The quantitative estimate of drug-likeness (QED) is 0.605. The number of benzene rings is 1. The van der Waals surface area contributed by atoms with Gasteiger partial charge in [-0.25, -0.2) is 18.2 Å². The van der Waals surface area contributed by atoms with Gasteiger partial charge in [0.1, 0.15) is 5.82 Å². The van der Waals surface area contributed by atoms with Crippen LogP contribution in [0.25, 0.3) is 0 Å². The Kier molecular flexibility index (Phi) is 5.62. The minimum atomic E-state index is -3.75. The molecule has 138 valence electrons. The van der Waals surface area contributed by atoms with E-state index in [1.54, 1.807) is 42.7 Å². The highest BCUT2D eigenvalue weighted by atomic mass is 32.2. The third-order valence-electron chi connectivity index (χ3n) is 3.53. The van der Waals surface area contributed by atoms with E-state index in [0.717, 1.165) is 5.56 Å². The van der Waals surface area contributed by atoms with Gasteiger partial charge in [-0.2, -0.15) is 0 Å². The Morgan fingerprint density at radius 1 is 0.926 bits per heavy atom. The van der Waals surface area contributed by atoms with E-state index in [2.05, 4.69) is 25.3 Å². The van der Waals surface area contributed by atoms with E-state index in [1.807, 2.05) is 0 Å². The number of nitrogens with zero attached hydrogens (tertiary/aromatic N) is 2. The smallest absolute Gasteiger partial charge is 0.319 e. The number of pyridine rings is 2. The first kappa shape index (κ1) is 18.3. The molecule has 3 aromatic rings. The van der Waals surface area contributed by atoms with Gasteiger partial charge in [0, 0.05) is 30.8 Å². The second-order valence-corrected chi connectivity index (χ2v) is 7.19. The largest absolute Gasteiger partial charge is 0.334 e. The van der Waals surface area contributed by atoms with E-state index in [0.29, 0.717) is 12.2 Å². The van der Waals surface area contributed by atoms with Crippen molar-refractivity contribution in [1.82, 2.24) is 15.3 Å². The predicted octanol–water partition coefficient (Wildman–Crippen LogP) is 2.60. The van der Waals surface area contributed by atoms with E-state index in [1.165, 1.54) is 30.5 Å². The summed E-state index contributed by atoms with van der Waals surface area (Å²) in [5.41, 5.74) is 1.39. The molecular formula is C18H17N5O3S. The van der Waals surface area contributed by atoms with Crippen molar-refractivity contribution in [1.29, 1.82) is 0 Å². The van der Waals surface area contributed by atoms with Crippen LogP contribution in [-0.2, 0) is 16.6 Å². The lowest BCUT2D eigenvalue weighted by molar-refractivity contribution is 0.251. The number of rotatable bonds is 6. The zero-order valence-electron chi connectivity index (χ0n) is 14.2. The lowest BCUT2D eigenvalue weighted by Gasteiger charge is -2.10. The summed E-state index contributed by atoms with van der Waals surface area (Å²) in [6.07, 6.45) is 4.79. The van der Waals surface area contributed by atoms with Gasteiger partial charge >= 0.3 is 6.03 Å². The molecule has 0 saturated carbocycles. The minimum Gasteiger partial charge on any atom is -0.334 e. The third kappa shape index (κ3) is 5.25. The van der Waals surface area contributed by atoms with Crippen LogP contribution in [-0.4, -0.2) is 24.4 Å². The van der Waals surface area contributed by atoms with Crippen LogP contribution in [0.3, 0.4) is 0 Å². The Labute approximate surface area is 156 Å². The number of carbonyl (C=O) groups excluding carboxylic acids is 1. The molecule has 8 nitrogen and oxygen atoms in total. The number of sulfonamides is 1. The summed E-state index contributed by atoms with van der Waals surface area (Å²) < 4.78 is 27.1. The number of urea groups is 1. The van der Waals surface area contributed by atoms with Crippen molar-refractivity contribution < 1.29 is 13.2 Å². The number of amides is 2. The van der Waals surface area contributed by atoms with Gasteiger partial charge in [-0.05, 0) is 54.1 Å². The van der Waals surface area contributed by atoms with E-state index in [4.69, 9.17) is 0 Å². The topological polar surface area (TPSA) is 113 Å². The normalized spacial score (nSPS) is 10.8. The molecular weight excluding hydrogens is 366 g/mol. The Balaban J connectivity index is 1.59. The van der Waals surface area contributed by atoms with Crippen LogP contribution in [0, 0.1) is 0 Å². The molecule has 2 amide bonds. The fraction of sp³-hybridized carbons (Fsp3) is 0.0556. The molecule has 2 heterocycles. The summed E-state index contributed by atoms with van der Waals surface area (Å²) in [5, 5.41) is 5.36. The molecule has 0 aliphatic heterocycles. The molecule has 0 saturated heterocycles. The van der Waals surface area contributed by atoms with E-state index >= 15 is 0 Å². The van der Waals surface area contributed by atoms with Crippen LogP contribution in [0.15, 0.2) is 78.1 Å². The molecule has 0 aliphatic carbocycles. The van der Waals surface area contributed by atoms with Gasteiger partial charge in [0.05, 0.1) is 4.90 Å². The van der Waals surface area contributed by atoms with Gasteiger partial charge < -0.3 is 10.6 Å². The Hall–Kier alpha value is -3.46. The van der Waals surface area contributed by atoms with Crippen molar-refractivity contribution in [3.63, 3.8) is 0 Å². The molecule has 27 heavy (non-hydrogen) atoms. The molecule has 1 aromatic carbocycles. The first-order chi connectivity index (χ1) is 13.0. The molecule has 2 aromatic heterocycles. The number of aromatic nitrogens is 2. The maximum Gasteiger partial charge on any atom is 0.319 e. The molecule has 3 N–H and O–H groups in total. The van der Waals surface area contributed by atoms with Crippen molar-refractivity contribution in [2.75, 3.05) is 10.0 Å². The van der Waals surface area contributed by atoms with Crippen molar-refractivity contribution in [3.05, 3.63) is 78.8 Å². The number of anilines is 2. The van der Waals surface area contributed by atoms with E-state index in [9.17, 15) is 13.2 Å². The molecule has 0 fully saturated rings. The van der Waals surface area contributed by atoms with E-state index in [-0.39, 0.29) is 10.7 Å². The summed E-state index contributed by atoms with van der Waals surface area (Å²) in [4.78, 5) is 19.8. The highest BCUT2D eigenvalue weighted by Gasteiger charge is 2.14. The Morgan fingerprint density at radius 3 is 2.33 bits per heavy atom. The molecule has 0 spiro atoms. The summed E-state index contributed by atoms with van der Waals surface area (Å²) >= 11 is 0.